The number of benzene rings is 1. The van der Waals surface area contributed by atoms with Gasteiger partial charge in [0, 0.05) is 12.3 Å². The summed E-state index contributed by atoms with van der Waals surface area (Å²) in [4.78, 5) is 25.8. The van der Waals surface area contributed by atoms with E-state index in [1.807, 2.05) is 0 Å². The third-order valence-corrected chi connectivity index (χ3v) is 4.37. The van der Waals surface area contributed by atoms with Gasteiger partial charge in [-0.15, -0.1) is 0 Å². The lowest BCUT2D eigenvalue weighted by atomic mass is 9.98. The topological polar surface area (TPSA) is 37.4 Å². The molecule has 1 aromatic rings. The van der Waals surface area contributed by atoms with Gasteiger partial charge in [-0.25, -0.2) is 4.39 Å². The number of halogens is 1. The fourth-order valence-corrected chi connectivity index (χ4v) is 3.22. The lowest BCUT2D eigenvalue weighted by Gasteiger charge is -2.29. The van der Waals surface area contributed by atoms with Gasteiger partial charge < -0.3 is 4.90 Å². The van der Waals surface area contributed by atoms with Crippen LogP contribution in [0.3, 0.4) is 0 Å². The van der Waals surface area contributed by atoms with Crippen molar-refractivity contribution in [3.8, 4) is 0 Å². The molecular formula is C16H18FNO2. The van der Waals surface area contributed by atoms with Gasteiger partial charge in [-0.05, 0) is 37.0 Å². The number of rotatable bonds is 3. The first-order valence-electron chi connectivity index (χ1n) is 7.26. The maximum Gasteiger partial charge on any atom is 0.227 e. The Bertz CT molecular complexity index is 549. The molecule has 3 rings (SSSR count). The normalized spacial score (nSPS) is 19.2. The standard InChI is InChI=1S/C16H18FNO2/c17-13-7-5-11-6-8-16(20)18(14(11)9-13)10-15(19)12-3-1-2-4-12/h5,7,9,12H,1-4,6,8,10H2. The smallest absolute Gasteiger partial charge is 0.227 e. The number of carbonyl (C=O) groups is 2. The molecule has 1 aliphatic heterocycles. The molecule has 0 saturated heterocycles. The van der Waals surface area contributed by atoms with Crippen molar-refractivity contribution in [2.24, 2.45) is 5.92 Å². The predicted molar refractivity (Wildman–Crippen MR) is 74.0 cm³/mol. The Morgan fingerprint density at radius 3 is 2.75 bits per heavy atom. The molecule has 2 aliphatic rings. The van der Waals surface area contributed by atoms with Gasteiger partial charge in [0.25, 0.3) is 0 Å². The van der Waals surface area contributed by atoms with E-state index in [0.29, 0.717) is 18.5 Å². The first kappa shape index (κ1) is 13.3. The van der Waals surface area contributed by atoms with Crippen LogP contribution in [0.4, 0.5) is 10.1 Å². The Labute approximate surface area is 117 Å². The largest absolute Gasteiger partial charge is 0.305 e. The number of nitrogens with zero attached hydrogens (tertiary/aromatic N) is 1. The number of fused-ring (bicyclic) bond motifs is 1. The van der Waals surface area contributed by atoms with Crippen LogP contribution >= 0.6 is 0 Å². The van der Waals surface area contributed by atoms with E-state index in [4.69, 9.17) is 0 Å². The van der Waals surface area contributed by atoms with Crippen molar-refractivity contribution in [2.75, 3.05) is 11.4 Å². The van der Waals surface area contributed by atoms with Crippen LogP contribution < -0.4 is 4.90 Å². The summed E-state index contributed by atoms with van der Waals surface area (Å²) in [7, 11) is 0. The highest BCUT2D eigenvalue weighted by Crippen LogP contribution is 2.30. The van der Waals surface area contributed by atoms with E-state index in [0.717, 1.165) is 31.2 Å². The van der Waals surface area contributed by atoms with E-state index >= 15 is 0 Å². The minimum Gasteiger partial charge on any atom is -0.305 e. The molecule has 1 amide bonds. The Hall–Kier alpha value is -1.71. The average molecular weight is 275 g/mol. The molecule has 3 nitrogen and oxygen atoms in total. The molecule has 0 unspecified atom stereocenters. The van der Waals surface area contributed by atoms with E-state index < -0.39 is 0 Å². The lowest BCUT2D eigenvalue weighted by Crippen LogP contribution is -2.40. The summed E-state index contributed by atoms with van der Waals surface area (Å²) in [5.74, 6) is -0.235. The molecule has 1 saturated carbocycles. The molecule has 0 N–H and O–H groups in total. The van der Waals surface area contributed by atoms with Crippen LogP contribution in [0.25, 0.3) is 0 Å². The summed E-state index contributed by atoms with van der Waals surface area (Å²) in [6.07, 6.45) is 5.07. The van der Waals surface area contributed by atoms with Crippen LogP contribution in [-0.2, 0) is 16.0 Å². The second-order valence-electron chi connectivity index (χ2n) is 5.70. The third-order valence-electron chi connectivity index (χ3n) is 4.37. The van der Waals surface area contributed by atoms with Crippen LogP contribution in [0, 0.1) is 11.7 Å². The van der Waals surface area contributed by atoms with Crippen molar-refractivity contribution in [3.63, 3.8) is 0 Å². The molecule has 1 aliphatic carbocycles. The van der Waals surface area contributed by atoms with Gasteiger partial charge in [-0.1, -0.05) is 18.9 Å². The maximum absolute atomic E-state index is 13.4. The molecule has 0 aromatic heterocycles. The first-order valence-corrected chi connectivity index (χ1v) is 7.26. The molecule has 1 fully saturated rings. The Morgan fingerprint density at radius 1 is 1.25 bits per heavy atom. The molecule has 1 aromatic carbocycles. The van der Waals surface area contributed by atoms with E-state index in [9.17, 15) is 14.0 Å². The van der Waals surface area contributed by atoms with Gasteiger partial charge in [0.1, 0.15) is 5.82 Å². The molecule has 106 valence electrons. The van der Waals surface area contributed by atoms with Crippen LogP contribution in [0.2, 0.25) is 0 Å². The number of aryl methyl sites for hydroxylation is 1. The Morgan fingerprint density at radius 2 is 2.00 bits per heavy atom. The molecule has 1 heterocycles. The zero-order valence-corrected chi connectivity index (χ0v) is 11.4. The monoisotopic (exact) mass is 275 g/mol. The summed E-state index contributed by atoms with van der Waals surface area (Å²) in [6.45, 7) is 0.0972. The van der Waals surface area contributed by atoms with E-state index in [-0.39, 0.29) is 30.0 Å². The van der Waals surface area contributed by atoms with Crippen LogP contribution in [0.15, 0.2) is 18.2 Å². The average Bonchev–Trinajstić information content (AvgIpc) is 2.96. The van der Waals surface area contributed by atoms with Gasteiger partial charge in [0.05, 0.1) is 12.2 Å². The van der Waals surface area contributed by atoms with E-state index in [1.54, 1.807) is 6.07 Å². The molecule has 0 bridgehead atoms. The van der Waals surface area contributed by atoms with Crippen molar-refractivity contribution in [2.45, 2.75) is 38.5 Å². The van der Waals surface area contributed by atoms with Gasteiger partial charge in [-0.3, -0.25) is 9.59 Å². The molecule has 4 heteroatoms. The number of hydrogen-bond donors (Lipinski definition) is 0. The van der Waals surface area contributed by atoms with Gasteiger partial charge >= 0.3 is 0 Å². The third kappa shape index (κ3) is 2.47. The number of Topliss-reactive ketones (excluding diaryl/α,β-unsaturated/α-hetero) is 1. The lowest BCUT2D eigenvalue weighted by molar-refractivity contribution is -0.125. The van der Waals surface area contributed by atoms with Crippen molar-refractivity contribution >= 4 is 17.4 Å². The van der Waals surface area contributed by atoms with E-state index in [1.165, 1.54) is 17.0 Å². The highest BCUT2D eigenvalue weighted by Gasteiger charge is 2.30. The molecule has 0 spiro atoms. The number of hydrogen-bond acceptors (Lipinski definition) is 2. The minimum atomic E-state index is -0.364. The fourth-order valence-electron chi connectivity index (χ4n) is 3.22. The Kier molecular flexibility index (Phi) is 3.55. The van der Waals surface area contributed by atoms with Gasteiger partial charge in [0.15, 0.2) is 5.78 Å². The second-order valence-corrected chi connectivity index (χ2v) is 5.70. The summed E-state index contributed by atoms with van der Waals surface area (Å²) in [6, 6.07) is 4.49. The molecule has 0 radical (unpaired) electrons. The number of carbonyl (C=O) groups excluding carboxylic acids is 2. The second kappa shape index (κ2) is 5.35. The highest BCUT2D eigenvalue weighted by molar-refractivity contribution is 6.01. The van der Waals surface area contributed by atoms with Crippen molar-refractivity contribution in [1.82, 2.24) is 0 Å². The van der Waals surface area contributed by atoms with Gasteiger partial charge in [0.2, 0.25) is 5.91 Å². The molecular weight excluding hydrogens is 257 g/mol. The molecule has 0 atom stereocenters. The fraction of sp³-hybridized carbons (Fsp3) is 0.500. The summed E-state index contributed by atoms with van der Waals surface area (Å²) in [5.41, 5.74) is 1.53. The highest BCUT2D eigenvalue weighted by atomic mass is 19.1. The van der Waals surface area contributed by atoms with E-state index in [2.05, 4.69) is 0 Å². The maximum atomic E-state index is 13.4. The van der Waals surface area contributed by atoms with Crippen LogP contribution in [-0.4, -0.2) is 18.2 Å². The first-order chi connectivity index (χ1) is 9.65. The number of amides is 1. The quantitative estimate of drug-likeness (QED) is 0.850. The number of anilines is 1. The van der Waals surface area contributed by atoms with Crippen molar-refractivity contribution in [1.29, 1.82) is 0 Å². The summed E-state index contributed by atoms with van der Waals surface area (Å²) >= 11 is 0. The van der Waals surface area contributed by atoms with Crippen LogP contribution in [0.1, 0.15) is 37.7 Å². The zero-order valence-electron chi connectivity index (χ0n) is 11.4. The minimum absolute atomic E-state index is 0.0746. The summed E-state index contributed by atoms with van der Waals surface area (Å²) < 4.78 is 13.4. The number of ketones is 1. The Balaban J connectivity index is 1.83. The molecule has 20 heavy (non-hydrogen) atoms. The van der Waals surface area contributed by atoms with Crippen LogP contribution in [0.5, 0.6) is 0 Å². The van der Waals surface area contributed by atoms with Crippen molar-refractivity contribution in [3.05, 3.63) is 29.6 Å². The predicted octanol–water partition coefficient (Wildman–Crippen LogP) is 2.86. The van der Waals surface area contributed by atoms with Crippen molar-refractivity contribution < 1.29 is 14.0 Å². The van der Waals surface area contributed by atoms with Gasteiger partial charge in [-0.2, -0.15) is 0 Å². The SMILES string of the molecule is O=C(CN1C(=O)CCc2ccc(F)cc21)C1CCCC1. The zero-order chi connectivity index (χ0) is 14.1. The summed E-state index contributed by atoms with van der Waals surface area (Å²) in [5, 5.41) is 0.